The molecule has 0 atom stereocenters. The molecule has 146 valence electrons. The van der Waals surface area contributed by atoms with E-state index in [2.05, 4.69) is 22.9 Å². The Kier molecular flexibility index (Phi) is 6.57. The molecule has 1 heterocycles. The van der Waals surface area contributed by atoms with Gasteiger partial charge >= 0.3 is 0 Å². The number of carbonyl (C=O) groups excluding carboxylic acids is 1. The lowest BCUT2D eigenvalue weighted by Gasteiger charge is -2.41. The first kappa shape index (κ1) is 21.4. The summed E-state index contributed by atoms with van der Waals surface area (Å²) in [5.74, 6) is -0.159. The van der Waals surface area contributed by atoms with Crippen molar-refractivity contribution in [3.05, 3.63) is 28.7 Å². The lowest BCUT2D eigenvalue weighted by molar-refractivity contribution is -0.142. The summed E-state index contributed by atoms with van der Waals surface area (Å²) in [5, 5.41) is 0. The number of halogens is 1. The number of nitrogens with zero attached hydrogens (tertiary/aromatic N) is 1. The molecule has 1 aliphatic heterocycles. The van der Waals surface area contributed by atoms with E-state index in [9.17, 15) is 13.2 Å². The molecule has 0 saturated carbocycles. The SMILES string of the molecule is CC1(COCS(=O)(=O)c2ccc(Br)cc2)CCN(C(=O)C(C)(C)C)CC1. The molecule has 0 spiro atoms. The Morgan fingerprint density at radius 2 is 1.73 bits per heavy atom. The van der Waals surface area contributed by atoms with Gasteiger partial charge in [-0.2, -0.15) is 0 Å². The van der Waals surface area contributed by atoms with E-state index in [1.165, 1.54) is 0 Å². The van der Waals surface area contributed by atoms with Crippen molar-refractivity contribution >= 4 is 31.7 Å². The largest absolute Gasteiger partial charge is 0.365 e. The Balaban J connectivity index is 1.86. The number of benzene rings is 1. The molecule has 1 aliphatic rings. The third-order valence-electron chi connectivity index (χ3n) is 4.76. The maximum Gasteiger partial charge on any atom is 0.227 e. The van der Waals surface area contributed by atoms with Gasteiger partial charge in [0.25, 0.3) is 0 Å². The number of sulfone groups is 1. The number of piperidine rings is 1. The van der Waals surface area contributed by atoms with Gasteiger partial charge in [0, 0.05) is 23.0 Å². The van der Waals surface area contributed by atoms with E-state index in [1.807, 2.05) is 25.7 Å². The first-order valence-corrected chi connectivity index (χ1v) is 11.2. The van der Waals surface area contributed by atoms with Crippen LogP contribution < -0.4 is 0 Å². The number of carbonyl (C=O) groups is 1. The molecular formula is C19H28BrNO4S. The molecule has 1 aromatic carbocycles. The summed E-state index contributed by atoms with van der Waals surface area (Å²) in [6.07, 6.45) is 1.63. The van der Waals surface area contributed by atoms with Gasteiger partial charge < -0.3 is 9.64 Å². The van der Waals surface area contributed by atoms with Crippen LogP contribution in [0.4, 0.5) is 0 Å². The standard InChI is InChI=1S/C19H28BrNO4S/c1-18(2,3)17(22)21-11-9-19(4,10-12-21)13-25-14-26(23,24)16-7-5-15(20)6-8-16/h5-8H,9-14H2,1-4H3. The Morgan fingerprint density at radius 3 is 2.23 bits per heavy atom. The molecule has 1 saturated heterocycles. The lowest BCUT2D eigenvalue weighted by Crippen LogP contribution is -2.47. The zero-order chi connectivity index (χ0) is 19.6. The molecule has 0 aliphatic carbocycles. The van der Waals surface area contributed by atoms with Gasteiger partial charge in [-0.15, -0.1) is 0 Å². The van der Waals surface area contributed by atoms with Crippen molar-refractivity contribution < 1.29 is 17.9 Å². The number of ether oxygens (including phenoxy) is 1. The summed E-state index contributed by atoms with van der Waals surface area (Å²) < 4.78 is 31.1. The normalized spacial score (nSPS) is 18.0. The zero-order valence-corrected chi connectivity index (χ0v) is 18.3. The van der Waals surface area contributed by atoms with E-state index < -0.39 is 9.84 Å². The molecule has 1 amide bonds. The molecule has 0 unspecified atom stereocenters. The van der Waals surface area contributed by atoms with E-state index in [-0.39, 0.29) is 27.6 Å². The zero-order valence-electron chi connectivity index (χ0n) is 15.9. The van der Waals surface area contributed by atoms with Gasteiger partial charge in [0.1, 0.15) is 0 Å². The van der Waals surface area contributed by atoms with Crippen LogP contribution in [0.5, 0.6) is 0 Å². The predicted octanol–water partition coefficient (Wildman–Crippen LogP) is 3.87. The highest BCUT2D eigenvalue weighted by Gasteiger charge is 2.35. The van der Waals surface area contributed by atoms with Crippen molar-refractivity contribution in [3.63, 3.8) is 0 Å². The number of likely N-dealkylation sites (tertiary alicyclic amines) is 1. The molecule has 5 nitrogen and oxygen atoms in total. The average molecular weight is 446 g/mol. The highest BCUT2D eigenvalue weighted by atomic mass is 79.9. The van der Waals surface area contributed by atoms with Gasteiger partial charge in [-0.05, 0) is 42.5 Å². The second-order valence-corrected chi connectivity index (χ2v) is 11.2. The van der Waals surface area contributed by atoms with Gasteiger partial charge in [0.2, 0.25) is 15.7 Å². The Bertz CT molecular complexity index is 730. The van der Waals surface area contributed by atoms with Crippen molar-refractivity contribution in [3.8, 4) is 0 Å². The average Bonchev–Trinajstić information content (AvgIpc) is 2.54. The van der Waals surface area contributed by atoms with E-state index in [0.29, 0.717) is 19.7 Å². The first-order chi connectivity index (χ1) is 11.9. The highest BCUT2D eigenvalue weighted by Crippen LogP contribution is 2.33. The molecule has 0 radical (unpaired) electrons. The molecule has 2 rings (SSSR count). The number of hydrogen-bond donors (Lipinski definition) is 0. The van der Waals surface area contributed by atoms with Crippen LogP contribution in [-0.2, 0) is 19.4 Å². The van der Waals surface area contributed by atoms with Gasteiger partial charge in [-0.1, -0.05) is 43.6 Å². The van der Waals surface area contributed by atoms with Crippen LogP contribution >= 0.6 is 15.9 Å². The molecule has 0 N–H and O–H groups in total. The van der Waals surface area contributed by atoms with Crippen LogP contribution in [0.15, 0.2) is 33.6 Å². The van der Waals surface area contributed by atoms with Crippen molar-refractivity contribution in [1.82, 2.24) is 4.90 Å². The minimum Gasteiger partial charge on any atom is -0.365 e. The van der Waals surface area contributed by atoms with E-state index in [4.69, 9.17) is 4.74 Å². The predicted molar refractivity (Wildman–Crippen MR) is 106 cm³/mol. The fraction of sp³-hybridized carbons (Fsp3) is 0.632. The third kappa shape index (κ3) is 5.54. The van der Waals surface area contributed by atoms with Crippen LogP contribution in [0.1, 0.15) is 40.5 Å². The Morgan fingerprint density at radius 1 is 1.19 bits per heavy atom. The molecule has 1 aromatic rings. The fourth-order valence-electron chi connectivity index (χ4n) is 2.98. The minimum atomic E-state index is -3.46. The Hall–Kier alpha value is -0.920. The molecular weight excluding hydrogens is 418 g/mol. The quantitative estimate of drug-likeness (QED) is 0.689. The molecule has 26 heavy (non-hydrogen) atoms. The van der Waals surface area contributed by atoms with Gasteiger partial charge in [-0.25, -0.2) is 8.42 Å². The van der Waals surface area contributed by atoms with Gasteiger partial charge in [0.15, 0.2) is 5.94 Å². The Labute approximate surface area is 165 Å². The van der Waals surface area contributed by atoms with E-state index in [0.717, 1.165) is 17.3 Å². The van der Waals surface area contributed by atoms with Crippen LogP contribution in [-0.4, -0.2) is 44.9 Å². The van der Waals surface area contributed by atoms with Crippen LogP contribution in [0.2, 0.25) is 0 Å². The molecule has 0 aromatic heterocycles. The lowest BCUT2D eigenvalue weighted by atomic mass is 9.80. The summed E-state index contributed by atoms with van der Waals surface area (Å²) in [5.41, 5.74) is -0.479. The molecule has 7 heteroatoms. The van der Waals surface area contributed by atoms with Crippen LogP contribution in [0, 0.1) is 10.8 Å². The van der Waals surface area contributed by atoms with Crippen molar-refractivity contribution in [2.75, 3.05) is 25.6 Å². The smallest absolute Gasteiger partial charge is 0.227 e. The minimum absolute atomic E-state index is 0.107. The monoisotopic (exact) mass is 445 g/mol. The van der Waals surface area contributed by atoms with Gasteiger partial charge in [-0.3, -0.25) is 4.79 Å². The third-order valence-corrected chi connectivity index (χ3v) is 6.76. The number of rotatable bonds is 5. The highest BCUT2D eigenvalue weighted by molar-refractivity contribution is 9.10. The van der Waals surface area contributed by atoms with Crippen molar-refractivity contribution in [2.45, 2.75) is 45.4 Å². The fourth-order valence-corrected chi connectivity index (χ4v) is 4.23. The number of amides is 1. The second-order valence-electron chi connectivity index (χ2n) is 8.39. The topological polar surface area (TPSA) is 63.7 Å². The van der Waals surface area contributed by atoms with Crippen molar-refractivity contribution in [1.29, 1.82) is 0 Å². The summed E-state index contributed by atoms with van der Waals surface area (Å²) in [7, 11) is -3.46. The van der Waals surface area contributed by atoms with E-state index >= 15 is 0 Å². The first-order valence-electron chi connectivity index (χ1n) is 8.78. The summed E-state index contributed by atoms with van der Waals surface area (Å²) in [6, 6.07) is 6.55. The van der Waals surface area contributed by atoms with Crippen molar-refractivity contribution in [2.24, 2.45) is 10.8 Å². The maximum atomic E-state index is 12.4. The summed E-state index contributed by atoms with van der Waals surface area (Å²) in [4.78, 5) is 14.5. The second kappa shape index (κ2) is 7.98. The van der Waals surface area contributed by atoms with Crippen LogP contribution in [0.3, 0.4) is 0 Å². The van der Waals surface area contributed by atoms with Crippen LogP contribution in [0.25, 0.3) is 0 Å². The summed E-state index contributed by atoms with van der Waals surface area (Å²) in [6.45, 7) is 9.64. The number of hydrogen-bond acceptors (Lipinski definition) is 4. The van der Waals surface area contributed by atoms with E-state index in [1.54, 1.807) is 24.3 Å². The molecule has 0 bridgehead atoms. The molecule has 1 fully saturated rings. The maximum absolute atomic E-state index is 12.4. The summed E-state index contributed by atoms with van der Waals surface area (Å²) >= 11 is 3.30. The van der Waals surface area contributed by atoms with Gasteiger partial charge in [0.05, 0.1) is 11.5 Å².